The van der Waals surface area contributed by atoms with Gasteiger partial charge in [0, 0.05) is 35.3 Å². The van der Waals surface area contributed by atoms with Crippen LogP contribution in [0.5, 0.6) is 0 Å². The molecule has 1 amide bonds. The van der Waals surface area contributed by atoms with Crippen LogP contribution in [0, 0.1) is 6.92 Å². The third kappa shape index (κ3) is 3.14. The Morgan fingerprint density at radius 1 is 1.44 bits per heavy atom. The van der Waals surface area contributed by atoms with E-state index < -0.39 is 0 Å². The Morgan fingerprint density at radius 2 is 2.17 bits per heavy atom. The number of nitrogens with zero attached hydrogens (tertiary/aromatic N) is 1. The number of thioether (sulfide) groups is 1. The van der Waals surface area contributed by atoms with Gasteiger partial charge in [0.05, 0.1) is 0 Å². The van der Waals surface area contributed by atoms with Gasteiger partial charge in [-0.1, -0.05) is 27.7 Å². The van der Waals surface area contributed by atoms with Crippen molar-refractivity contribution in [3.8, 4) is 0 Å². The number of halogens is 1. The van der Waals surface area contributed by atoms with Crippen LogP contribution < -0.4 is 4.90 Å². The fourth-order valence-corrected chi connectivity index (χ4v) is 3.63. The van der Waals surface area contributed by atoms with Crippen molar-refractivity contribution in [2.24, 2.45) is 0 Å². The number of carbonyl (C=O) groups excluding carboxylic acids is 2. The summed E-state index contributed by atoms with van der Waals surface area (Å²) in [6.45, 7) is 4.15. The van der Waals surface area contributed by atoms with Crippen molar-refractivity contribution in [3.63, 3.8) is 0 Å². The molecule has 0 aromatic heterocycles. The number of hydrogen-bond donors (Lipinski definition) is 0. The third-order valence-corrected chi connectivity index (χ3v) is 4.20. The molecule has 1 aromatic carbocycles. The summed E-state index contributed by atoms with van der Waals surface area (Å²) in [5.41, 5.74) is 2.01. The van der Waals surface area contributed by atoms with Crippen LogP contribution in [0.15, 0.2) is 22.7 Å². The zero-order chi connectivity index (χ0) is 13.3. The van der Waals surface area contributed by atoms with Gasteiger partial charge in [-0.25, -0.2) is 0 Å². The Labute approximate surface area is 119 Å². The van der Waals surface area contributed by atoms with E-state index in [0.717, 1.165) is 15.7 Å². The van der Waals surface area contributed by atoms with Crippen LogP contribution in [-0.4, -0.2) is 22.8 Å². The first kappa shape index (κ1) is 13.6. The minimum Gasteiger partial charge on any atom is -0.311 e. The smallest absolute Gasteiger partial charge is 0.228 e. The molecule has 0 N–H and O–H groups in total. The predicted molar refractivity (Wildman–Crippen MR) is 77.9 cm³/mol. The van der Waals surface area contributed by atoms with Crippen LogP contribution in [-0.2, 0) is 9.59 Å². The average Bonchev–Trinajstić information content (AvgIpc) is 2.56. The molecule has 1 aromatic rings. The van der Waals surface area contributed by atoms with Crippen LogP contribution in [0.2, 0.25) is 0 Å². The van der Waals surface area contributed by atoms with Gasteiger partial charge in [-0.3, -0.25) is 9.59 Å². The fraction of sp³-hybridized carbons (Fsp3) is 0.385. The highest BCUT2D eigenvalue weighted by atomic mass is 79.9. The lowest BCUT2D eigenvalue weighted by atomic mass is 10.2. The summed E-state index contributed by atoms with van der Waals surface area (Å²) < 4.78 is 0.966. The van der Waals surface area contributed by atoms with Gasteiger partial charge >= 0.3 is 0 Å². The molecule has 2 rings (SSSR count). The molecule has 1 aliphatic rings. The third-order valence-electron chi connectivity index (χ3n) is 2.76. The number of carbonyl (C=O) groups is 2. The second kappa shape index (κ2) is 5.45. The molecule has 1 saturated heterocycles. The molecule has 1 heterocycles. The summed E-state index contributed by atoms with van der Waals surface area (Å²) in [6.07, 6.45) is 0.440. The molecule has 18 heavy (non-hydrogen) atoms. The molecule has 96 valence electrons. The van der Waals surface area contributed by atoms with Gasteiger partial charge in [0.25, 0.3) is 0 Å². The van der Waals surface area contributed by atoms with Gasteiger partial charge in [-0.2, -0.15) is 0 Å². The zero-order valence-electron chi connectivity index (χ0n) is 10.3. The normalized spacial score (nSPS) is 19.4. The lowest BCUT2D eigenvalue weighted by Gasteiger charge is -2.17. The van der Waals surface area contributed by atoms with E-state index in [0.29, 0.717) is 13.0 Å². The number of aryl methyl sites for hydroxylation is 1. The second-order valence-electron chi connectivity index (χ2n) is 4.43. The van der Waals surface area contributed by atoms with Gasteiger partial charge < -0.3 is 4.90 Å². The molecule has 3 nitrogen and oxygen atoms in total. The number of anilines is 1. The first-order valence-corrected chi connectivity index (χ1v) is 7.38. The monoisotopic (exact) mass is 327 g/mol. The highest BCUT2D eigenvalue weighted by Crippen LogP contribution is 2.30. The molecule has 0 saturated carbocycles. The minimum absolute atomic E-state index is 0.0695. The van der Waals surface area contributed by atoms with E-state index in [4.69, 9.17) is 0 Å². The molecule has 0 spiro atoms. The van der Waals surface area contributed by atoms with Crippen LogP contribution in [0.25, 0.3) is 0 Å². The highest BCUT2D eigenvalue weighted by Gasteiger charge is 2.31. The highest BCUT2D eigenvalue weighted by molar-refractivity contribution is 9.10. The summed E-state index contributed by atoms with van der Waals surface area (Å²) in [5, 5.41) is 0.148. The largest absolute Gasteiger partial charge is 0.311 e. The van der Waals surface area contributed by atoms with Crippen LogP contribution in [0.4, 0.5) is 5.69 Å². The van der Waals surface area contributed by atoms with Gasteiger partial charge in [0.15, 0.2) is 5.12 Å². The lowest BCUT2D eigenvalue weighted by Crippen LogP contribution is -2.25. The first-order valence-electron chi connectivity index (χ1n) is 5.70. The molecule has 1 fully saturated rings. The minimum atomic E-state index is 0.0695. The van der Waals surface area contributed by atoms with Crippen molar-refractivity contribution >= 4 is 44.4 Å². The van der Waals surface area contributed by atoms with Crippen molar-refractivity contribution < 1.29 is 9.59 Å². The Kier molecular flexibility index (Phi) is 4.12. The molecular formula is C13H14BrNO2S. The maximum absolute atomic E-state index is 12.0. The Morgan fingerprint density at radius 3 is 2.78 bits per heavy atom. The van der Waals surface area contributed by atoms with Crippen molar-refractivity contribution in [3.05, 3.63) is 28.2 Å². The molecule has 1 atom stereocenters. The maximum atomic E-state index is 12.0. The van der Waals surface area contributed by atoms with Crippen molar-refractivity contribution in [1.82, 2.24) is 0 Å². The molecule has 0 bridgehead atoms. The molecule has 5 heteroatoms. The maximum Gasteiger partial charge on any atom is 0.228 e. The van der Waals surface area contributed by atoms with Gasteiger partial charge in [-0.15, -0.1) is 0 Å². The van der Waals surface area contributed by atoms with Crippen molar-refractivity contribution in [2.75, 3.05) is 11.4 Å². The topological polar surface area (TPSA) is 37.4 Å². The molecule has 1 aliphatic heterocycles. The van der Waals surface area contributed by atoms with E-state index in [1.54, 1.807) is 11.8 Å². The Bertz CT molecular complexity index is 484. The standard InChI is InChI=1S/C13H14BrNO2S/c1-8-3-10(14)5-11(4-8)15-7-12(6-13(15)17)18-9(2)16/h3-5,12H,6-7H2,1-2H3. The van der Waals surface area contributed by atoms with E-state index in [1.807, 2.05) is 25.1 Å². The molecular weight excluding hydrogens is 314 g/mol. The van der Waals surface area contributed by atoms with Crippen molar-refractivity contribution in [1.29, 1.82) is 0 Å². The van der Waals surface area contributed by atoms with E-state index in [-0.39, 0.29) is 16.3 Å². The number of hydrogen-bond acceptors (Lipinski definition) is 3. The Balaban J connectivity index is 2.18. The summed E-state index contributed by atoms with van der Waals surface area (Å²) in [5.74, 6) is 0.0891. The zero-order valence-corrected chi connectivity index (χ0v) is 12.7. The van der Waals surface area contributed by atoms with E-state index in [9.17, 15) is 9.59 Å². The number of amides is 1. The lowest BCUT2D eigenvalue weighted by molar-refractivity contribution is -0.117. The molecule has 0 radical (unpaired) electrons. The summed E-state index contributed by atoms with van der Waals surface area (Å²) in [7, 11) is 0. The Hall–Kier alpha value is -0.810. The van der Waals surface area contributed by atoms with Crippen molar-refractivity contribution in [2.45, 2.75) is 25.5 Å². The quantitative estimate of drug-likeness (QED) is 0.837. The number of rotatable bonds is 2. The van der Waals surface area contributed by atoms with Gasteiger partial charge in [0.2, 0.25) is 5.91 Å². The van der Waals surface area contributed by atoms with E-state index in [2.05, 4.69) is 15.9 Å². The van der Waals surface area contributed by atoms with E-state index >= 15 is 0 Å². The SMILES string of the molecule is CC(=O)SC1CC(=O)N(c2cc(C)cc(Br)c2)C1. The van der Waals surface area contributed by atoms with Crippen LogP contribution in [0.1, 0.15) is 18.9 Å². The number of benzene rings is 1. The second-order valence-corrected chi connectivity index (χ2v) is 6.82. The van der Waals surface area contributed by atoms with Crippen LogP contribution >= 0.6 is 27.7 Å². The fourth-order valence-electron chi connectivity index (χ4n) is 2.11. The van der Waals surface area contributed by atoms with Gasteiger partial charge in [-0.05, 0) is 30.7 Å². The molecule has 1 unspecified atom stereocenters. The average molecular weight is 328 g/mol. The van der Waals surface area contributed by atoms with Gasteiger partial charge in [0.1, 0.15) is 0 Å². The first-order chi connectivity index (χ1) is 8.45. The van der Waals surface area contributed by atoms with E-state index in [1.165, 1.54) is 11.8 Å². The summed E-state index contributed by atoms with van der Waals surface area (Å²) in [6, 6.07) is 5.93. The predicted octanol–water partition coefficient (Wildman–Crippen LogP) is 3.14. The van der Waals surface area contributed by atoms with Crippen LogP contribution in [0.3, 0.4) is 0 Å². The molecule has 0 aliphatic carbocycles. The summed E-state index contributed by atoms with van der Waals surface area (Å²) in [4.78, 5) is 24.8. The summed E-state index contributed by atoms with van der Waals surface area (Å²) >= 11 is 4.70.